The third-order valence-electron chi connectivity index (χ3n) is 14.8. The van der Waals surface area contributed by atoms with Gasteiger partial charge in [0.1, 0.15) is 11.5 Å². The van der Waals surface area contributed by atoms with E-state index in [9.17, 15) is 19.8 Å². The zero-order valence-corrected chi connectivity index (χ0v) is 44.7. The highest BCUT2D eigenvalue weighted by Gasteiger charge is 2.29. The number of hydrogen-bond acceptors (Lipinski definition) is 10. The Hall–Kier alpha value is -7.00. The number of benzene rings is 4. The van der Waals surface area contributed by atoms with Crippen LogP contribution in [0.4, 0.5) is 0 Å². The van der Waals surface area contributed by atoms with Crippen LogP contribution < -0.4 is 10.6 Å². The SMILES string of the molecule is Cc1ncc(O)c(C)c1/C=C/C(=O)NCCC(C)N1CCN(C(c2ccccc2)c2ccccc2)CC1.Cc1ncc(O)c(C)c1/C=C/C(=O)NCCC(C)N1CCN(C(c2ccccc2)c2ccccc2)CC1.O. The number of nitrogens with zero attached hydrogens (tertiary/aromatic N) is 6. The van der Waals surface area contributed by atoms with Gasteiger partial charge in [-0.2, -0.15) is 0 Å². The lowest BCUT2D eigenvalue weighted by molar-refractivity contribution is -0.117. The zero-order valence-electron chi connectivity index (χ0n) is 44.7. The zero-order chi connectivity index (χ0) is 52.4. The van der Waals surface area contributed by atoms with Gasteiger partial charge in [-0.05, 0) is 88.8 Å². The third kappa shape index (κ3) is 16.0. The molecule has 0 saturated carbocycles. The molecular formula is C62H78N8O5. The molecule has 6 aromatic rings. The number of pyridine rings is 2. The summed E-state index contributed by atoms with van der Waals surface area (Å²) in [5.74, 6) is 0.0114. The van der Waals surface area contributed by atoms with E-state index in [0.717, 1.165) is 98.8 Å². The largest absolute Gasteiger partial charge is 0.506 e. The molecule has 0 spiro atoms. The number of aromatic hydroxyl groups is 2. The number of rotatable bonds is 18. The Kier molecular flexibility index (Phi) is 21.9. The molecule has 0 radical (unpaired) electrons. The maximum atomic E-state index is 12.4. The monoisotopic (exact) mass is 1010 g/mol. The molecule has 2 aliphatic heterocycles. The van der Waals surface area contributed by atoms with E-state index < -0.39 is 0 Å². The second-order valence-electron chi connectivity index (χ2n) is 19.7. The molecule has 0 bridgehead atoms. The number of piperazine rings is 2. The fraction of sp³-hybridized carbons (Fsp3) is 0.355. The van der Waals surface area contributed by atoms with Crippen molar-refractivity contribution in [2.75, 3.05) is 65.4 Å². The van der Waals surface area contributed by atoms with Gasteiger partial charge in [-0.25, -0.2) is 0 Å². The number of aromatic nitrogens is 2. The van der Waals surface area contributed by atoms with Crippen molar-refractivity contribution in [1.82, 2.24) is 40.2 Å². The highest BCUT2D eigenvalue weighted by Crippen LogP contribution is 2.32. The van der Waals surface area contributed by atoms with Crippen molar-refractivity contribution >= 4 is 24.0 Å². The van der Waals surface area contributed by atoms with Crippen molar-refractivity contribution in [3.8, 4) is 11.5 Å². The number of aryl methyl sites for hydroxylation is 2. The van der Waals surface area contributed by atoms with Crippen LogP contribution in [0.5, 0.6) is 11.5 Å². The molecule has 2 amide bonds. The second kappa shape index (κ2) is 28.6. The summed E-state index contributed by atoms with van der Waals surface area (Å²) in [5, 5.41) is 25.7. The van der Waals surface area contributed by atoms with Crippen LogP contribution in [0.15, 0.2) is 146 Å². The smallest absolute Gasteiger partial charge is 0.244 e. The van der Waals surface area contributed by atoms with Crippen LogP contribution in [0.1, 0.15) is 94.7 Å². The fourth-order valence-corrected chi connectivity index (χ4v) is 10.2. The maximum Gasteiger partial charge on any atom is 0.244 e. The molecule has 396 valence electrons. The molecule has 13 heteroatoms. The fourth-order valence-electron chi connectivity index (χ4n) is 10.2. The van der Waals surface area contributed by atoms with Gasteiger partial charge >= 0.3 is 0 Å². The number of carbonyl (C=O) groups is 2. The average Bonchev–Trinajstić information content (AvgIpc) is 3.42. The Morgan fingerprint density at radius 1 is 0.493 bits per heavy atom. The van der Waals surface area contributed by atoms with Crippen LogP contribution in [-0.4, -0.2) is 135 Å². The van der Waals surface area contributed by atoms with Crippen LogP contribution in [0, 0.1) is 27.7 Å². The number of hydrogen-bond donors (Lipinski definition) is 4. The highest BCUT2D eigenvalue weighted by atomic mass is 16.3. The minimum atomic E-state index is -0.132. The molecule has 2 unspecified atom stereocenters. The molecule has 0 aliphatic carbocycles. The molecule has 6 N–H and O–H groups in total. The minimum absolute atomic E-state index is 0. The van der Waals surface area contributed by atoms with Crippen molar-refractivity contribution in [1.29, 1.82) is 0 Å². The summed E-state index contributed by atoms with van der Waals surface area (Å²) in [6, 6.07) is 44.4. The van der Waals surface area contributed by atoms with E-state index in [0.29, 0.717) is 25.2 Å². The second-order valence-corrected chi connectivity index (χ2v) is 19.7. The summed E-state index contributed by atoms with van der Waals surface area (Å²) in [5.41, 5.74) is 9.92. The van der Waals surface area contributed by atoms with Crippen molar-refractivity contribution in [3.63, 3.8) is 0 Å². The third-order valence-corrected chi connectivity index (χ3v) is 14.8. The quantitative estimate of drug-likeness (QED) is 0.0612. The van der Waals surface area contributed by atoms with Crippen molar-refractivity contribution < 1.29 is 25.3 Å². The lowest BCUT2D eigenvalue weighted by Crippen LogP contribution is -2.51. The Labute approximate surface area is 445 Å². The van der Waals surface area contributed by atoms with Crippen LogP contribution in [0.25, 0.3) is 12.2 Å². The van der Waals surface area contributed by atoms with Crippen LogP contribution in [0.2, 0.25) is 0 Å². The summed E-state index contributed by atoms with van der Waals surface area (Å²) in [6.45, 7) is 21.2. The predicted molar refractivity (Wildman–Crippen MR) is 302 cm³/mol. The van der Waals surface area contributed by atoms with Gasteiger partial charge in [-0.15, -0.1) is 0 Å². The summed E-state index contributed by atoms with van der Waals surface area (Å²) < 4.78 is 0. The van der Waals surface area contributed by atoms with E-state index in [2.05, 4.69) is 175 Å². The molecule has 75 heavy (non-hydrogen) atoms. The first-order chi connectivity index (χ1) is 35.9. The maximum absolute atomic E-state index is 12.4. The predicted octanol–water partition coefficient (Wildman–Crippen LogP) is 8.61. The van der Waals surface area contributed by atoms with E-state index >= 15 is 0 Å². The topological polar surface area (TPSA) is 169 Å². The van der Waals surface area contributed by atoms with Crippen molar-refractivity contribution in [2.24, 2.45) is 0 Å². The Morgan fingerprint density at radius 2 is 0.773 bits per heavy atom. The Morgan fingerprint density at radius 3 is 1.07 bits per heavy atom. The minimum Gasteiger partial charge on any atom is -0.506 e. The van der Waals surface area contributed by atoms with Crippen LogP contribution in [0.3, 0.4) is 0 Å². The van der Waals surface area contributed by atoms with E-state index in [-0.39, 0.29) is 40.9 Å². The normalized spacial score (nSPS) is 15.6. The van der Waals surface area contributed by atoms with Gasteiger partial charge in [-0.3, -0.25) is 39.2 Å². The molecule has 4 aromatic carbocycles. The van der Waals surface area contributed by atoms with Crippen molar-refractivity contribution in [3.05, 3.63) is 202 Å². The van der Waals surface area contributed by atoms with Gasteiger partial charge in [0.15, 0.2) is 0 Å². The standard InChI is InChI=1S/2C31H38N4O2.H2O/c2*1-23(16-17-32-30(37)15-14-28-24(2)29(36)22-33-25(28)3)34-18-20-35(21-19-34)31(26-10-6-4-7-11-26)27-12-8-5-9-13-27;/h2*4-15,22-23,31,36H,16-21H2,1-3H3,(H,32,37);1H2/b2*15-14+;. The first kappa shape index (κ1) is 57.3. The van der Waals surface area contributed by atoms with Gasteiger partial charge in [0.05, 0.1) is 24.5 Å². The first-order valence-corrected chi connectivity index (χ1v) is 26.3. The summed E-state index contributed by atoms with van der Waals surface area (Å²) in [4.78, 5) is 43.3. The molecule has 2 aromatic heterocycles. The Balaban J connectivity index is 0.000000241. The highest BCUT2D eigenvalue weighted by molar-refractivity contribution is 5.92. The average molecular weight is 1020 g/mol. The molecule has 2 atom stereocenters. The van der Waals surface area contributed by atoms with Gasteiger partial charge in [0.2, 0.25) is 11.8 Å². The van der Waals surface area contributed by atoms with E-state index in [1.54, 1.807) is 12.2 Å². The van der Waals surface area contributed by atoms with E-state index in [1.165, 1.54) is 46.8 Å². The lowest BCUT2D eigenvalue weighted by atomic mass is 9.96. The first-order valence-electron chi connectivity index (χ1n) is 26.3. The molecule has 13 nitrogen and oxygen atoms in total. The van der Waals surface area contributed by atoms with E-state index in [4.69, 9.17) is 0 Å². The number of nitrogens with one attached hydrogen (secondary N) is 2. The summed E-state index contributed by atoms with van der Waals surface area (Å²) >= 11 is 0. The molecule has 2 saturated heterocycles. The molecule has 4 heterocycles. The number of amides is 2. The summed E-state index contributed by atoms with van der Waals surface area (Å²) in [6.07, 6.45) is 11.2. The Bertz CT molecular complexity index is 2490. The molecule has 8 rings (SSSR count). The van der Waals surface area contributed by atoms with Crippen LogP contribution in [-0.2, 0) is 9.59 Å². The molecule has 2 fully saturated rings. The lowest BCUT2D eigenvalue weighted by Gasteiger charge is -2.42. The van der Waals surface area contributed by atoms with Crippen LogP contribution >= 0.6 is 0 Å². The molecular weight excluding hydrogens is 937 g/mol. The van der Waals surface area contributed by atoms with Gasteiger partial charge in [0.25, 0.3) is 0 Å². The summed E-state index contributed by atoms with van der Waals surface area (Å²) in [7, 11) is 0. The van der Waals surface area contributed by atoms with Gasteiger partial charge in [-0.1, -0.05) is 121 Å². The molecule has 2 aliphatic rings. The van der Waals surface area contributed by atoms with Crippen molar-refractivity contribution in [2.45, 2.75) is 78.6 Å². The van der Waals surface area contributed by atoms with E-state index in [1.807, 2.05) is 27.7 Å². The number of carbonyl (C=O) groups excluding carboxylic acids is 2. The van der Waals surface area contributed by atoms with Gasteiger partial charge in [0, 0.05) is 123 Å². The van der Waals surface area contributed by atoms with Gasteiger partial charge < -0.3 is 26.3 Å².